The van der Waals surface area contributed by atoms with Gasteiger partial charge in [-0.1, -0.05) is 62.2 Å². The average molecular weight is 375 g/mol. The molecule has 0 fully saturated rings. The van der Waals surface area contributed by atoms with Crippen molar-refractivity contribution in [3.8, 4) is 5.75 Å². The number of rotatable bonds is 11. The summed E-state index contributed by atoms with van der Waals surface area (Å²) in [5, 5.41) is 0.757. The monoisotopic (exact) mass is 374 g/mol. The molecule has 0 atom stereocenters. The van der Waals surface area contributed by atoms with E-state index in [1.807, 2.05) is 0 Å². The van der Waals surface area contributed by atoms with Crippen molar-refractivity contribution in [1.82, 2.24) is 0 Å². The van der Waals surface area contributed by atoms with Gasteiger partial charge in [-0.2, -0.15) is 0 Å². The summed E-state index contributed by atoms with van der Waals surface area (Å²) in [4.78, 5) is 23.3. The highest BCUT2D eigenvalue weighted by molar-refractivity contribution is 6.34. The summed E-state index contributed by atoms with van der Waals surface area (Å²) in [6, 6.07) is 4.52. The zero-order valence-electron chi connectivity index (χ0n) is 14.0. The molecule has 0 radical (unpaired) electrons. The second-order valence-corrected chi connectivity index (χ2v) is 6.44. The SMILES string of the molecule is CCCCCCCCOC(=O)CCC(=O)Oc1cc(Cl)cc(Cl)c1. The van der Waals surface area contributed by atoms with Crippen molar-refractivity contribution >= 4 is 35.1 Å². The Morgan fingerprint density at radius 1 is 0.875 bits per heavy atom. The van der Waals surface area contributed by atoms with Gasteiger partial charge in [0.05, 0.1) is 19.4 Å². The van der Waals surface area contributed by atoms with Crippen molar-refractivity contribution in [2.45, 2.75) is 58.3 Å². The van der Waals surface area contributed by atoms with Gasteiger partial charge in [0, 0.05) is 10.0 Å². The molecule has 1 aromatic carbocycles. The molecule has 0 heterocycles. The summed E-state index contributed by atoms with van der Waals surface area (Å²) >= 11 is 11.6. The maximum Gasteiger partial charge on any atom is 0.311 e. The van der Waals surface area contributed by atoms with E-state index in [4.69, 9.17) is 32.7 Å². The summed E-state index contributed by atoms with van der Waals surface area (Å²) in [5.74, 6) is -0.646. The van der Waals surface area contributed by atoms with E-state index in [0.29, 0.717) is 16.7 Å². The summed E-state index contributed by atoms with van der Waals surface area (Å²) in [5.41, 5.74) is 0. The maximum atomic E-state index is 11.7. The van der Waals surface area contributed by atoms with Crippen LogP contribution in [0.2, 0.25) is 10.0 Å². The van der Waals surface area contributed by atoms with Gasteiger partial charge < -0.3 is 9.47 Å². The van der Waals surface area contributed by atoms with Gasteiger partial charge in [-0.25, -0.2) is 0 Å². The van der Waals surface area contributed by atoms with Gasteiger partial charge in [0.25, 0.3) is 0 Å². The quantitative estimate of drug-likeness (QED) is 0.288. The van der Waals surface area contributed by atoms with Crippen molar-refractivity contribution in [2.75, 3.05) is 6.61 Å². The van der Waals surface area contributed by atoms with Crippen molar-refractivity contribution in [3.05, 3.63) is 28.2 Å². The molecule has 24 heavy (non-hydrogen) atoms. The van der Waals surface area contributed by atoms with E-state index in [-0.39, 0.29) is 24.6 Å². The lowest BCUT2D eigenvalue weighted by molar-refractivity contribution is -0.147. The van der Waals surface area contributed by atoms with Crippen LogP contribution in [0.1, 0.15) is 58.3 Å². The zero-order chi connectivity index (χ0) is 17.8. The maximum absolute atomic E-state index is 11.7. The van der Waals surface area contributed by atoms with Crippen LogP contribution >= 0.6 is 23.2 Å². The third kappa shape index (κ3) is 9.78. The number of unbranched alkanes of at least 4 members (excludes halogenated alkanes) is 5. The molecule has 0 aromatic heterocycles. The lowest BCUT2D eigenvalue weighted by atomic mass is 10.1. The normalized spacial score (nSPS) is 10.5. The van der Waals surface area contributed by atoms with Gasteiger partial charge in [0.2, 0.25) is 0 Å². The van der Waals surface area contributed by atoms with E-state index >= 15 is 0 Å². The summed E-state index contributed by atoms with van der Waals surface area (Å²) in [6.07, 6.45) is 6.74. The number of ether oxygens (including phenoxy) is 2. The summed E-state index contributed by atoms with van der Waals surface area (Å²) < 4.78 is 10.2. The summed E-state index contributed by atoms with van der Waals surface area (Å²) in [6.45, 7) is 2.58. The third-order valence-electron chi connectivity index (χ3n) is 3.36. The van der Waals surface area contributed by atoms with Crippen molar-refractivity contribution in [2.24, 2.45) is 0 Å². The third-order valence-corrected chi connectivity index (χ3v) is 3.80. The molecular formula is C18H24Cl2O4. The van der Waals surface area contributed by atoms with Crippen LogP contribution in [0.3, 0.4) is 0 Å². The minimum absolute atomic E-state index is 0.00294. The number of hydrogen-bond donors (Lipinski definition) is 0. The molecule has 1 aromatic rings. The topological polar surface area (TPSA) is 52.6 Å². The molecule has 0 spiro atoms. The standard InChI is InChI=1S/C18H24Cl2O4/c1-2-3-4-5-6-7-10-23-17(21)8-9-18(22)24-16-12-14(19)11-15(20)13-16/h11-13H,2-10H2,1H3. The first kappa shape index (κ1) is 20.8. The Morgan fingerprint density at radius 2 is 1.46 bits per heavy atom. The van der Waals surface area contributed by atoms with Crippen LogP contribution in [0, 0.1) is 0 Å². The number of halogens is 2. The first-order valence-corrected chi connectivity index (χ1v) is 9.09. The van der Waals surface area contributed by atoms with E-state index in [1.54, 1.807) is 6.07 Å². The van der Waals surface area contributed by atoms with Gasteiger partial charge in [-0.05, 0) is 24.6 Å². The predicted octanol–water partition coefficient (Wildman–Crippen LogP) is 5.58. The number of hydrogen-bond acceptors (Lipinski definition) is 4. The molecular weight excluding hydrogens is 351 g/mol. The lowest BCUT2D eigenvalue weighted by Gasteiger charge is -2.06. The fourth-order valence-corrected chi connectivity index (χ4v) is 2.62. The van der Waals surface area contributed by atoms with Crippen LogP contribution < -0.4 is 4.74 Å². The van der Waals surface area contributed by atoms with Gasteiger partial charge in [0.1, 0.15) is 5.75 Å². The fourth-order valence-electron chi connectivity index (χ4n) is 2.11. The molecule has 0 saturated heterocycles. The Hall–Kier alpha value is -1.26. The van der Waals surface area contributed by atoms with E-state index in [2.05, 4.69) is 6.92 Å². The number of benzene rings is 1. The largest absolute Gasteiger partial charge is 0.466 e. The van der Waals surface area contributed by atoms with Crippen LogP contribution in [-0.2, 0) is 14.3 Å². The molecule has 0 saturated carbocycles. The molecule has 1 rings (SSSR count). The molecule has 0 aliphatic rings. The Kier molecular flexibility index (Phi) is 10.5. The van der Waals surface area contributed by atoms with E-state index in [9.17, 15) is 9.59 Å². The van der Waals surface area contributed by atoms with E-state index in [0.717, 1.165) is 12.8 Å². The molecule has 0 amide bonds. The second kappa shape index (κ2) is 12.2. The highest BCUT2D eigenvalue weighted by Crippen LogP contribution is 2.24. The second-order valence-electron chi connectivity index (χ2n) is 5.57. The minimum atomic E-state index is -0.523. The fraction of sp³-hybridized carbons (Fsp3) is 0.556. The Balaban J connectivity index is 2.14. The van der Waals surface area contributed by atoms with E-state index in [1.165, 1.54) is 37.8 Å². The minimum Gasteiger partial charge on any atom is -0.466 e. The average Bonchev–Trinajstić information content (AvgIpc) is 2.51. The highest BCUT2D eigenvalue weighted by atomic mass is 35.5. The summed E-state index contributed by atoms with van der Waals surface area (Å²) in [7, 11) is 0. The molecule has 0 N–H and O–H groups in total. The van der Waals surface area contributed by atoms with E-state index < -0.39 is 5.97 Å². The van der Waals surface area contributed by atoms with Crippen molar-refractivity contribution in [3.63, 3.8) is 0 Å². The Labute approximate surface area is 153 Å². The first-order valence-electron chi connectivity index (χ1n) is 8.33. The first-order chi connectivity index (χ1) is 11.5. The van der Waals surface area contributed by atoms with Crippen molar-refractivity contribution in [1.29, 1.82) is 0 Å². The zero-order valence-corrected chi connectivity index (χ0v) is 15.5. The molecule has 6 heteroatoms. The number of carbonyl (C=O) groups is 2. The van der Waals surface area contributed by atoms with Crippen LogP contribution in [0.5, 0.6) is 5.75 Å². The number of esters is 2. The molecule has 0 bridgehead atoms. The highest BCUT2D eigenvalue weighted by Gasteiger charge is 2.11. The lowest BCUT2D eigenvalue weighted by Crippen LogP contribution is -2.12. The molecule has 0 aliphatic carbocycles. The van der Waals surface area contributed by atoms with Crippen LogP contribution in [-0.4, -0.2) is 18.5 Å². The van der Waals surface area contributed by atoms with Crippen molar-refractivity contribution < 1.29 is 19.1 Å². The molecule has 0 aliphatic heterocycles. The van der Waals surface area contributed by atoms with Gasteiger partial charge in [0.15, 0.2) is 0 Å². The smallest absolute Gasteiger partial charge is 0.311 e. The molecule has 0 unspecified atom stereocenters. The Bertz CT molecular complexity index is 512. The van der Waals surface area contributed by atoms with Gasteiger partial charge in [-0.15, -0.1) is 0 Å². The number of carbonyl (C=O) groups excluding carboxylic acids is 2. The van der Waals surface area contributed by atoms with Crippen LogP contribution in [0.25, 0.3) is 0 Å². The Morgan fingerprint density at radius 3 is 2.12 bits per heavy atom. The van der Waals surface area contributed by atoms with Gasteiger partial charge >= 0.3 is 11.9 Å². The molecule has 4 nitrogen and oxygen atoms in total. The predicted molar refractivity (Wildman–Crippen MR) is 95.7 cm³/mol. The van der Waals surface area contributed by atoms with Crippen LogP contribution in [0.15, 0.2) is 18.2 Å². The van der Waals surface area contributed by atoms with Crippen LogP contribution in [0.4, 0.5) is 0 Å². The van der Waals surface area contributed by atoms with Gasteiger partial charge in [-0.3, -0.25) is 9.59 Å². The molecule has 134 valence electrons.